The number of ether oxygens (including phenoxy) is 1. The summed E-state index contributed by atoms with van der Waals surface area (Å²) in [6.45, 7) is 12.2. The van der Waals surface area contributed by atoms with E-state index in [9.17, 15) is 0 Å². The molecular weight excluding hydrogens is 226 g/mol. The highest BCUT2D eigenvalue weighted by molar-refractivity contribution is 4.73. The van der Waals surface area contributed by atoms with E-state index in [0.29, 0.717) is 6.10 Å². The van der Waals surface area contributed by atoms with Gasteiger partial charge in [0.25, 0.3) is 0 Å². The number of hydrogen-bond donors (Lipinski definition) is 1. The van der Waals surface area contributed by atoms with Gasteiger partial charge in [-0.3, -0.25) is 4.90 Å². The number of rotatable bonds is 8. The van der Waals surface area contributed by atoms with E-state index in [4.69, 9.17) is 4.74 Å². The van der Waals surface area contributed by atoms with Crippen molar-refractivity contribution in [1.82, 2.24) is 15.1 Å². The van der Waals surface area contributed by atoms with Crippen LogP contribution in [0.5, 0.6) is 0 Å². The van der Waals surface area contributed by atoms with Crippen LogP contribution in [-0.2, 0) is 4.74 Å². The number of hydrogen-bond acceptors (Lipinski definition) is 4. The molecule has 0 aromatic heterocycles. The van der Waals surface area contributed by atoms with Crippen LogP contribution in [0.25, 0.3) is 0 Å². The maximum atomic E-state index is 5.71. The van der Waals surface area contributed by atoms with Crippen molar-refractivity contribution in [2.45, 2.75) is 26.4 Å². The molecule has 1 atom stereocenters. The Morgan fingerprint density at radius 2 is 2.22 bits per heavy atom. The number of nitrogens with zero attached hydrogens (tertiary/aromatic N) is 2. The number of likely N-dealkylation sites (N-methyl/N-ethyl adjacent to an activating group) is 1. The van der Waals surface area contributed by atoms with Gasteiger partial charge in [-0.1, -0.05) is 13.8 Å². The third kappa shape index (κ3) is 6.69. The first-order valence-electron chi connectivity index (χ1n) is 7.29. The van der Waals surface area contributed by atoms with E-state index in [0.717, 1.165) is 32.2 Å². The fourth-order valence-electron chi connectivity index (χ4n) is 2.61. The van der Waals surface area contributed by atoms with Gasteiger partial charge in [-0.15, -0.1) is 0 Å². The van der Waals surface area contributed by atoms with Crippen LogP contribution in [0.1, 0.15) is 20.3 Å². The molecule has 0 aliphatic carbocycles. The Hall–Kier alpha value is -0.160. The summed E-state index contributed by atoms with van der Waals surface area (Å²) in [6.07, 6.45) is 1.63. The monoisotopic (exact) mass is 257 g/mol. The Balaban J connectivity index is 2.11. The van der Waals surface area contributed by atoms with Crippen molar-refractivity contribution in [1.29, 1.82) is 0 Å². The summed E-state index contributed by atoms with van der Waals surface area (Å²) < 4.78 is 5.71. The highest BCUT2D eigenvalue weighted by Gasteiger charge is 2.19. The molecule has 1 fully saturated rings. The molecule has 0 saturated carbocycles. The number of nitrogens with one attached hydrogen (secondary N) is 1. The van der Waals surface area contributed by atoms with Crippen LogP contribution in [0.3, 0.4) is 0 Å². The lowest BCUT2D eigenvalue weighted by Crippen LogP contribution is -2.46. The van der Waals surface area contributed by atoms with Gasteiger partial charge >= 0.3 is 0 Å². The lowest BCUT2D eigenvalue weighted by molar-refractivity contribution is -0.0269. The first kappa shape index (κ1) is 15.9. The molecule has 1 aliphatic heterocycles. The standard InChI is InChI=1S/C14H31N3O/c1-13(2)11-16(4)6-5-7-17-8-9-18-14(12-17)10-15-3/h13-15H,5-12H2,1-4H3/t14-/m1/s1. The van der Waals surface area contributed by atoms with Gasteiger partial charge in [0.1, 0.15) is 0 Å². The average Bonchev–Trinajstić information content (AvgIpc) is 2.29. The summed E-state index contributed by atoms with van der Waals surface area (Å²) in [6, 6.07) is 0. The fourth-order valence-corrected chi connectivity index (χ4v) is 2.61. The molecule has 1 aliphatic rings. The van der Waals surface area contributed by atoms with E-state index in [-0.39, 0.29) is 0 Å². The van der Waals surface area contributed by atoms with Crippen molar-refractivity contribution in [3.63, 3.8) is 0 Å². The minimum atomic E-state index is 0.372. The zero-order valence-corrected chi connectivity index (χ0v) is 12.6. The van der Waals surface area contributed by atoms with E-state index in [1.807, 2.05) is 7.05 Å². The highest BCUT2D eigenvalue weighted by Crippen LogP contribution is 2.05. The Morgan fingerprint density at radius 1 is 1.44 bits per heavy atom. The minimum Gasteiger partial charge on any atom is -0.374 e. The first-order valence-corrected chi connectivity index (χ1v) is 7.29. The van der Waals surface area contributed by atoms with E-state index in [1.165, 1.54) is 26.1 Å². The predicted octanol–water partition coefficient (Wildman–Crippen LogP) is 0.885. The van der Waals surface area contributed by atoms with Gasteiger partial charge in [0.2, 0.25) is 0 Å². The maximum absolute atomic E-state index is 5.71. The van der Waals surface area contributed by atoms with Gasteiger partial charge in [-0.05, 0) is 39.5 Å². The van der Waals surface area contributed by atoms with Crippen molar-refractivity contribution < 1.29 is 4.74 Å². The lowest BCUT2D eigenvalue weighted by Gasteiger charge is -2.33. The van der Waals surface area contributed by atoms with Crippen molar-refractivity contribution in [2.24, 2.45) is 5.92 Å². The molecule has 0 amide bonds. The maximum Gasteiger partial charge on any atom is 0.0826 e. The van der Waals surface area contributed by atoms with Crippen LogP contribution >= 0.6 is 0 Å². The first-order chi connectivity index (χ1) is 8.61. The highest BCUT2D eigenvalue weighted by atomic mass is 16.5. The van der Waals surface area contributed by atoms with E-state index < -0.39 is 0 Å². The summed E-state index contributed by atoms with van der Waals surface area (Å²) in [5.74, 6) is 0.762. The predicted molar refractivity (Wildman–Crippen MR) is 77.1 cm³/mol. The SMILES string of the molecule is CNC[C@@H]1CN(CCCN(C)CC(C)C)CCO1. The minimum absolute atomic E-state index is 0.372. The number of morpholine rings is 1. The van der Waals surface area contributed by atoms with E-state index in [2.05, 4.69) is 36.0 Å². The molecule has 1 saturated heterocycles. The Labute approximate surface area is 113 Å². The molecule has 0 spiro atoms. The molecule has 108 valence electrons. The fraction of sp³-hybridized carbons (Fsp3) is 1.00. The third-order valence-electron chi connectivity index (χ3n) is 3.35. The Morgan fingerprint density at radius 3 is 2.89 bits per heavy atom. The summed E-state index contributed by atoms with van der Waals surface area (Å²) in [7, 11) is 4.21. The van der Waals surface area contributed by atoms with E-state index in [1.54, 1.807) is 0 Å². The van der Waals surface area contributed by atoms with Crippen molar-refractivity contribution in [3.8, 4) is 0 Å². The van der Waals surface area contributed by atoms with Crippen LogP contribution in [0.4, 0.5) is 0 Å². The van der Waals surface area contributed by atoms with Crippen molar-refractivity contribution in [3.05, 3.63) is 0 Å². The van der Waals surface area contributed by atoms with E-state index >= 15 is 0 Å². The van der Waals surface area contributed by atoms with Crippen LogP contribution in [0.2, 0.25) is 0 Å². The molecular formula is C14H31N3O. The zero-order valence-electron chi connectivity index (χ0n) is 12.6. The average molecular weight is 257 g/mol. The molecule has 0 aromatic carbocycles. The normalized spacial score (nSPS) is 22.0. The van der Waals surface area contributed by atoms with Gasteiger partial charge in [0.15, 0.2) is 0 Å². The quantitative estimate of drug-likeness (QED) is 0.699. The smallest absolute Gasteiger partial charge is 0.0826 e. The molecule has 1 rings (SSSR count). The van der Waals surface area contributed by atoms with Crippen molar-refractivity contribution >= 4 is 0 Å². The summed E-state index contributed by atoms with van der Waals surface area (Å²) in [5.41, 5.74) is 0. The van der Waals surface area contributed by atoms with Crippen LogP contribution < -0.4 is 5.32 Å². The molecule has 0 unspecified atom stereocenters. The lowest BCUT2D eigenvalue weighted by atomic mass is 10.2. The van der Waals surface area contributed by atoms with Gasteiger partial charge < -0.3 is 15.0 Å². The summed E-state index contributed by atoms with van der Waals surface area (Å²) in [5, 5.41) is 3.19. The molecule has 4 nitrogen and oxygen atoms in total. The molecule has 0 radical (unpaired) electrons. The molecule has 1 heterocycles. The summed E-state index contributed by atoms with van der Waals surface area (Å²) >= 11 is 0. The molecule has 0 aromatic rings. The Bertz CT molecular complexity index is 209. The van der Waals surface area contributed by atoms with Crippen LogP contribution in [0.15, 0.2) is 0 Å². The van der Waals surface area contributed by atoms with Gasteiger partial charge in [-0.2, -0.15) is 0 Å². The molecule has 4 heteroatoms. The topological polar surface area (TPSA) is 27.7 Å². The van der Waals surface area contributed by atoms with Crippen LogP contribution in [0, 0.1) is 5.92 Å². The largest absolute Gasteiger partial charge is 0.374 e. The summed E-state index contributed by atoms with van der Waals surface area (Å²) in [4.78, 5) is 4.98. The second-order valence-corrected chi connectivity index (χ2v) is 5.86. The van der Waals surface area contributed by atoms with Gasteiger partial charge in [0, 0.05) is 26.2 Å². The third-order valence-corrected chi connectivity index (χ3v) is 3.35. The van der Waals surface area contributed by atoms with Crippen LogP contribution in [-0.4, -0.2) is 75.9 Å². The molecule has 1 N–H and O–H groups in total. The molecule has 0 bridgehead atoms. The zero-order chi connectivity index (χ0) is 13.4. The van der Waals surface area contributed by atoms with Crippen molar-refractivity contribution in [2.75, 3.05) is 60.0 Å². The van der Waals surface area contributed by atoms with Gasteiger partial charge in [-0.25, -0.2) is 0 Å². The second kappa shape index (κ2) is 8.86. The Kier molecular flexibility index (Phi) is 7.82. The van der Waals surface area contributed by atoms with Gasteiger partial charge in [0.05, 0.1) is 12.7 Å². The second-order valence-electron chi connectivity index (χ2n) is 5.86. The molecule has 18 heavy (non-hydrogen) atoms.